The average molecular weight is 156 g/mol. The van der Waals surface area contributed by atoms with Crippen molar-refractivity contribution in [3.05, 3.63) is 0 Å². The lowest BCUT2D eigenvalue weighted by Gasteiger charge is -2.32. The van der Waals surface area contributed by atoms with Gasteiger partial charge in [-0.1, -0.05) is 53.4 Å². The van der Waals surface area contributed by atoms with Crippen molar-refractivity contribution in [3.63, 3.8) is 0 Å². The van der Waals surface area contributed by atoms with Crippen molar-refractivity contribution in [3.8, 4) is 0 Å². The van der Waals surface area contributed by atoms with Crippen LogP contribution >= 0.6 is 0 Å². The first kappa shape index (κ1) is 11.0. The molecule has 0 spiro atoms. The molecule has 0 N–H and O–H groups in total. The molecule has 1 fully saturated rings. The average Bonchev–Trinajstić information content (AvgIpc) is 2.10. The summed E-state index contributed by atoms with van der Waals surface area (Å²) in [6.45, 7) is 8.76. The summed E-state index contributed by atoms with van der Waals surface area (Å²) in [7, 11) is 0. The van der Waals surface area contributed by atoms with Gasteiger partial charge in [-0.05, 0) is 18.3 Å². The van der Waals surface area contributed by atoms with E-state index in [-0.39, 0.29) is 0 Å². The molecule has 1 rings (SSSR count). The van der Waals surface area contributed by atoms with E-state index in [0.717, 1.165) is 5.41 Å². The van der Waals surface area contributed by atoms with E-state index >= 15 is 0 Å². The van der Waals surface area contributed by atoms with Gasteiger partial charge < -0.3 is 0 Å². The molecule has 0 nitrogen and oxygen atoms in total. The van der Waals surface area contributed by atoms with Crippen molar-refractivity contribution >= 4 is 0 Å². The predicted molar refractivity (Wildman–Crippen MR) is 52.8 cm³/mol. The minimum atomic E-state index is 0.720. The van der Waals surface area contributed by atoms with Crippen LogP contribution in [0.25, 0.3) is 0 Å². The van der Waals surface area contributed by atoms with Crippen LogP contribution in [0.3, 0.4) is 0 Å². The Hall–Kier alpha value is 0. The quantitative estimate of drug-likeness (QED) is 0.528. The lowest BCUT2D eigenvalue weighted by Crippen LogP contribution is -2.18. The third kappa shape index (κ3) is 3.79. The summed E-state index contributed by atoms with van der Waals surface area (Å²) in [5, 5.41) is 0. The van der Waals surface area contributed by atoms with Gasteiger partial charge in [0.2, 0.25) is 0 Å². The van der Waals surface area contributed by atoms with E-state index in [4.69, 9.17) is 0 Å². The molecule has 68 valence electrons. The zero-order valence-electron chi connectivity index (χ0n) is 8.74. The van der Waals surface area contributed by atoms with E-state index in [1.54, 1.807) is 0 Å². The van der Waals surface area contributed by atoms with Crippen molar-refractivity contribution in [2.45, 2.75) is 66.2 Å². The summed E-state index contributed by atoms with van der Waals surface area (Å²) in [4.78, 5) is 0. The van der Waals surface area contributed by atoms with Gasteiger partial charge in [-0.3, -0.25) is 0 Å². The molecule has 0 unspecified atom stereocenters. The minimum absolute atomic E-state index is 0.720. The highest BCUT2D eigenvalue weighted by Crippen LogP contribution is 2.37. The molecule has 0 aliphatic heterocycles. The van der Waals surface area contributed by atoms with Crippen LogP contribution in [0, 0.1) is 5.41 Å². The van der Waals surface area contributed by atoms with Crippen molar-refractivity contribution < 1.29 is 0 Å². The first-order chi connectivity index (χ1) is 5.27. The van der Waals surface area contributed by atoms with Crippen LogP contribution in [0.15, 0.2) is 0 Å². The molecule has 0 heterocycles. The number of hydrogen-bond acceptors (Lipinski definition) is 0. The van der Waals surface area contributed by atoms with Gasteiger partial charge in [-0.15, -0.1) is 0 Å². The SMILES string of the molecule is CC.CCC1(C)CCCCC1. The Morgan fingerprint density at radius 1 is 1.00 bits per heavy atom. The highest BCUT2D eigenvalue weighted by Gasteiger charge is 2.23. The molecular formula is C11H24. The van der Waals surface area contributed by atoms with E-state index in [0.29, 0.717) is 0 Å². The van der Waals surface area contributed by atoms with Crippen molar-refractivity contribution in [1.82, 2.24) is 0 Å². The van der Waals surface area contributed by atoms with Crippen LogP contribution in [0.2, 0.25) is 0 Å². The van der Waals surface area contributed by atoms with Gasteiger partial charge in [0.25, 0.3) is 0 Å². The van der Waals surface area contributed by atoms with E-state index in [1.165, 1.54) is 38.5 Å². The molecular weight excluding hydrogens is 132 g/mol. The van der Waals surface area contributed by atoms with Crippen LogP contribution in [0.4, 0.5) is 0 Å². The summed E-state index contributed by atoms with van der Waals surface area (Å²) < 4.78 is 0. The molecule has 0 atom stereocenters. The van der Waals surface area contributed by atoms with Gasteiger partial charge in [0.15, 0.2) is 0 Å². The maximum Gasteiger partial charge on any atom is -0.0328 e. The fourth-order valence-electron chi connectivity index (χ4n) is 1.76. The highest BCUT2D eigenvalue weighted by molar-refractivity contribution is 4.76. The molecule has 0 aromatic heterocycles. The van der Waals surface area contributed by atoms with Gasteiger partial charge in [-0.2, -0.15) is 0 Å². The molecule has 0 aromatic rings. The predicted octanol–water partition coefficient (Wildman–Crippen LogP) is 4.39. The van der Waals surface area contributed by atoms with Crippen LogP contribution in [-0.2, 0) is 0 Å². The van der Waals surface area contributed by atoms with Gasteiger partial charge in [0, 0.05) is 0 Å². The summed E-state index contributed by atoms with van der Waals surface area (Å²) in [6.07, 6.45) is 8.77. The standard InChI is InChI=1S/C9H18.C2H6/c1-3-9(2)7-5-4-6-8-9;1-2/h3-8H2,1-2H3;1-2H3. The highest BCUT2D eigenvalue weighted by atomic mass is 14.3. The summed E-state index contributed by atoms with van der Waals surface area (Å²) in [5.74, 6) is 0. The minimum Gasteiger partial charge on any atom is -0.0683 e. The first-order valence-corrected chi connectivity index (χ1v) is 5.27. The third-order valence-corrected chi connectivity index (χ3v) is 2.91. The van der Waals surface area contributed by atoms with Crippen molar-refractivity contribution in [1.29, 1.82) is 0 Å². The normalized spacial score (nSPS) is 21.8. The Balaban J connectivity index is 0.000000461. The zero-order chi connectivity index (χ0) is 8.74. The van der Waals surface area contributed by atoms with E-state index < -0.39 is 0 Å². The van der Waals surface area contributed by atoms with Crippen LogP contribution in [0.1, 0.15) is 66.2 Å². The number of rotatable bonds is 1. The molecule has 1 aliphatic carbocycles. The summed E-state index contributed by atoms with van der Waals surface area (Å²) in [6, 6.07) is 0. The molecule has 0 bridgehead atoms. The molecule has 0 radical (unpaired) electrons. The van der Waals surface area contributed by atoms with Crippen LogP contribution in [0.5, 0.6) is 0 Å². The Bertz CT molecular complexity index is 78.0. The van der Waals surface area contributed by atoms with Gasteiger partial charge in [-0.25, -0.2) is 0 Å². The third-order valence-electron chi connectivity index (χ3n) is 2.91. The Morgan fingerprint density at radius 2 is 1.45 bits per heavy atom. The molecule has 0 saturated heterocycles. The molecule has 0 amide bonds. The second kappa shape index (κ2) is 5.62. The first-order valence-electron chi connectivity index (χ1n) is 5.27. The number of hydrogen-bond donors (Lipinski definition) is 0. The monoisotopic (exact) mass is 156 g/mol. The van der Waals surface area contributed by atoms with Crippen molar-refractivity contribution in [2.24, 2.45) is 5.41 Å². The summed E-state index contributed by atoms with van der Waals surface area (Å²) in [5.41, 5.74) is 0.720. The summed E-state index contributed by atoms with van der Waals surface area (Å²) >= 11 is 0. The second-order valence-electron chi connectivity index (χ2n) is 3.72. The maximum atomic E-state index is 2.44. The fourth-order valence-corrected chi connectivity index (χ4v) is 1.76. The van der Waals surface area contributed by atoms with Crippen molar-refractivity contribution in [2.75, 3.05) is 0 Å². The Morgan fingerprint density at radius 3 is 1.73 bits per heavy atom. The van der Waals surface area contributed by atoms with Gasteiger partial charge in [0.05, 0.1) is 0 Å². The molecule has 11 heavy (non-hydrogen) atoms. The van der Waals surface area contributed by atoms with Crippen LogP contribution < -0.4 is 0 Å². The molecule has 1 aliphatic rings. The largest absolute Gasteiger partial charge is 0.0683 e. The topological polar surface area (TPSA) is 0 Å². The van der Waals surface area contributed by atoms with Gasteiger partial charge >= 0.3 is 0 Å². The lowest BCUT2D eigenvalue weighted by atomic mass is 9.74. The Labute approximate surface area is 72.4 Å². The van der Waals surface area contributed by atoms with E-state index in [1.807, 2.05) is 13.8 Å². The second-order valence-corrected chi connectivity index (χ2v) is 3.72. The molecule has 0 heteroatoms. The maximum absolute atomic E-state index is 2.44. The lowest BCUT2D eigenvalue weighted by molar-refractivity contribution is 0.208. The molecule has 1 saturated carbocycles. The molecule has 0 aromatic carbocycles. The zero-order valence-corrected chi connectivity index (χ0v) is 8.74. The van der Waals surface area contributed by atoms with E-state index in [2.05, 4.69) is 13.8 Å². The smallest absolute Gasteiger partial charge is 0.0328 e. The van der Waals surface area contributed by atoms with E-state index in [9.17, 15) is 0 Å². The Kier molecular flexibility index (Phi) is 5.62. The fraction of sp³-hybridized carbons (Fsp3) is 1.00. The van der Waals surface area contributed by atoms with Gasteiger partial charge in [0.1, 0.15) is 0 Å². The van der Waals surface area contributed by atoms with Crippen LogP contribution in [-0.4, -0.2) is 0 Å².